The van der Waals surface area contributed by atoms with Crippen LogP contribution in [0, 0.1) is 10.1 Å². The Hall–Kier alpha value is -1.40. The molecule has 0 saturated heterocycles. The summed E-state index contributed by atoms with van der Waals surface area (Å²) in [6.07, 6.45) is 0.622. The van der Waals surface area contributed by atoms with E-state index in [0.717, 1.165) is 25.4 Å². The van der Waals surface area contributed by atoms with Crippen molar-refractivity contribution in [1.82, 2.24) is 4.90 Å². The first-order valence-corrected chi connectivity index (χ1v) is 7.19. The fourth-order valence-electron chi connectivity index (χ4n) is 1.70. The van der Waals surface area contributed by atoms with Crippen LogP contribution in [0.2, 0.25) is 0 Å². The van der Waals surface area contributed by atoms with Gasteiger partial charge in [-0.15, -0.1) is 11.8 Å². The molecule has 0 unspecified atom stereocenters. The van der Waals surface area contributed by atoms with Crippen molar-refractivity contribution < 1.29 is 9.72 Å². The number of nitrogens with zero attached hydrogens (tertiary/aromatic N) is 2. The van der Waals surface area contributed by atoms with E-state index in [-0.39, 0.29) is 5.69 Å². The van der Waals surface area contributed by atoms with Crippen LogP contribution in [-0.2, 0) is 0 Å². The van der Waals surface area contributed by atoms with Crippen molar-refractivity contribution in [3.05, 3.63) is 33.9 Å². The van der Waals surface area contributed by atoms with Gasteiger partial charge in [0.25, 0.3) is 5.69 Å². The fraction of sp³-hybridized carbons (Fsp3) is 0.462. The highest BCUT2D eigenvalue weighted by molar-refractivity contribution is 7.99. The van der Waals surface area contributed by atoms with Gasteiger partial charge < -0.3 is 4.90 Å². The lowest BCUT2D eigenvalue weighted by molar-refractivity contribution is -0.387. The Morgan fingerprint density at radius 1 is 1.37 bits per heavy atom. The van der Waals surface area contributed by atoms with Crippen LogP contribution in [-0.4, -0.2) is 41.5 Å². The summed E-state index contributed by atoms with van der Waals surface area (Å²) >= 11 is 1.45. The average Bonchev–Trinajstić information content (AvgIpc) is 2.43. The maximum absolute atomic E-state index is 11.0. The molecule has 6 heteroatoms. The molecule has 0 aromatic heterocycles. The number of aldehydes is 1. The summed E-state index contributed by atoms with van der Waals surface area (Å²) in [5, 5.41) is 11.0. The van der Waals surface area contributed by atoms with Gasteiger partial charge in [-0.1, -0.05) is 19.9 Å². The minimum atomic E-state index is -0.438. The Labute approximate surface area is 117 Å². The molecule has 1 aromatic rings. The van der Waals surface area contributed by atoms with E-state index in [1.807, 2.05) is 0 Å². The van der Waals surface area contributed by atoms with Gasteiger partial charge in [-0.25, -0.2) is 0 Å². The van der Waals surface area contributed by atoms with Crippen molar-refractivity contribution in [3.8, 4) is 0 Å². The zero-order chi connectivity index (χ0) is 14.3. The SMILES string of the molecule is CCN(CC)CCSc1ccc(C=O)cc1[N+](=O)[O-]. The lowest BCUT2D eigenvalue weighted by Gasteiger charge is -2.17. The van der Waals surface area contributed by atoms with E-state index in [0.29, 0.717) is 16.7 Å². The molecule has 0 aliphatic heterocycles. The van der Waals surface area contributed by atoms with Gasteiger partial charge in [0.15, 0.2) is 0 Å². The van der Waals surface area contributed by atoms with Crippen LogP contribution in [0.4, 0.5) is 5.69 Å². The number of carbonyl (C=O) groups excluding carboxylic acids is 1. The summed E-state index contributed by atoms with van der Waals surface area (Å²) in [4.78, 5) is 24.0. The molecule has 0 N–H and O–H groups in total. The van der Waals surface area contributed by atoms with Crippen molar-refractivity contribution in [2.75, 3.05) is 25.4 Å². The number of nitro benzene ring substituents is 1. The number of carbonyl (C=O) groups is 1. The van der Waals surface area contributed by atoms with E-state index >= 15 is 0 Å². The summed E-state index contributed by atoms with van der Waals surface area (Å²) in [6, 6.07) is 4.58. The van der Waals surface area contributed by atoms with Crippen LogP contribution in [0.15, 0.2) is 23.1 Å². The van der Waals surface area contributed by atoms with Crippen LogP contribution >= 0.6 is 11.8 Å². The molecule has 0 saturated carbocycles. The molecule has 0 atom stereocenters. The normalized spacial score (nSPS) is 10.7. The van der Waals surface area contributed by atoms with Crippen molar-refractivity contribution in [3.63, 3.8) is 0 Å². The van der Waals surface area contributed by atoms with Gasteiger partial charge in [-0.05, 0) is 19.2 Å². The minimum Gasteiger partial charge on any atom is -0.303 e. The smallest absolute Gasteiger partial charge is 0.283 e. The van der Waals surface area contributed by atoms with E-state index in [1.54, 1.807) is 12.1 Å². The second-order valence-electron chi connectivity index (χ2n) is 3.98. The van der Waals surface area contributed by atoms with Gasteiger partial charge in [0, 0.05) is 23.9 Å². The monoisotopic (exact) mass is 282 g/mol. The third-order valence-corrected chi connectivity index (χ3v) is 3.92. The molecule has 0 aliphatic carbocycles. The number of rotatable bonds is 8. The van der Waals surface area contributed by atoms with Crippen molar-refractivity contribution in [1.29, 1.82) is 0 Å². The first-order chi connectivity index (χ1) is 9.12. The quantitative estimate of drug-likeness (QED) is 0.317. The summed E-state index contributed by atoms with van der Waals surface area (Å²) in [5.41, 5.74) is 0.342. The van der Waals surface area contributed by atoms with Gasteiger partial charge in [-0.2, -0.15) is 0 Å². The molecule has 0 fully saturated rings. The molecule has 104 valence electrons. The van der Waals surface area contributed by atoms with Crippen LogP contribution in [0.5, 0.6) is 0 Å². The van der Waals surface area contributed by atoms with Crippen molar-refractivity contribution in [2.45, 2.75) is 18.7 Å². The topological polar surface area (TPSA) is 63.5 Å². The van der Waals surface area contributed by atoms with Crippen molar-refractivity contribution >= 4 is 23.7 Å². The van der Waals surface area contributed by atoms with Crippen LogP contribution < -0.4 is 0 Å². The van der Waals surface area contributed by atoms with Gasteiger partial charge >= 0.3 is 0 Å². The van der Waals surface area contributed by atoms with Crippen molar-refractivity contribution in [2.24, 2.45) is 0 Å². The largest absolute Gasteiger partial charge is 0.303 e. The highest BCUT2D eigenvalue weighted by Crippen LogP contribution is 2.29. The van der Waals surface area contributed by atoms with Gasteiger partial charge in [0.2, 0.25) is 0 Å². The minimum absolute atomic E-state index is 0.00847. The standard InChI is InChI=1S/C13H18N2O3S/c1-3-14(4-2)7-8-19-13-6-5-11(10-16)9-12(13)15(17)18/h5-6,9-10H,3-4,7-8H2,1-2H3. The molecule has 5 nitrogen and oxygen atoms in total. The third-order valence-electron chi connectivity index (χ3n) is 2.88. The zero-order valence-corrected chi connectivity index (χ0v) is 12.0. The van der Waals surface area contributed by atoms with E-state index in [1.165, 1.54) is 17.8 Å². The molecule has 1 aromatic carbocycles. The molecular formula is C13H18N2O3S. The highest BCUT2D eigenvalue weighted by atomic mass is 32.2. The van der Waals surface area contributed by atoms with E-state index < -0.39 is 4.92 Å². The summed E-state index contributed by atoms with van der Waals surface area (Å²) in [5.74, 6) is 0.795. The Kier molecular flexibility index (Phi) is 6.52. The summed E-state index contributed by atoms with van der Waals surface area (Å²) in [7, 11) is 0. The number of hydrogen-bond donors (Lipinski definition) is 0. The molecule has 0 bridgehead atoms. The average molecular weight is 282 g/mol. The highest BCUT2D eigenvalue weighted by Gasteiger charge is 2.15. The lowest BCUT2D eigenvalue weighted by atomic mass is 10.2. The Bertz CT molecular complexity index is 448. The number of thioether (sulfide) groups is 1. The first kappa shape index (κ1) is 15.7. The Balaban J connectivity index is 2.72. The molecule has 0 aliphatic rings. The number of benzene rings is 1. The second kappa shape index (κ2) is 7.91. The lowest BCUT2D eigenvalue weighted by Crippen LogP contribution is -2.25. The fourth-order valence-corrected chi connectivity index (χ4v) is 2.71. The van der Waals surface area contributed by atoms with Crippen LogP contribution in [0.25, 0.3) is 0 Å². The van der Waals surface area contributed by atoms with E-state index in [4.69, 9.17) is 0 Å². The van der Waals surface area contributed by atoms with E-state index in [2.05, 4.69) is 18.7 Å². The predicted octanol–water partition coefficient (Wildman–Crippen LogP) is 2.84. The van der Waals surface area contributed by atoms with Gasteiger partial charge in [0.05, 0.1) is 9.82 Å². The Morgan fingerprint density at radius 3 is 2.58 bits per heavy atom. The molecular weight excluding hydrogens is 264 g/mol. The molecule has 0 spiro atoms. The molecule has 1 rings (SSSR count). The molecule has 0 radical (unpaired) electrons. The van der Waals surface area contributed by atoms with Crippen LogP contribution in [0.1, 0.15) is 24.2 Å². The molecule has 0 heterocycles. The molecule has 0 amide bonds. The van der Waals surface area contributed by atoms with Gasteiger partial charge in [0.1, 0.15) is 6.29 Å². The maximum atomic E-state index is 11.0. The Morgan fingerprint density at radius 2 is 2.05 bits per heavy atom. The van der Waals surface area contributed by atoms with Crippen LogP contribution in [0.3, 0.4) is 0 Å². The van der Waals surface area contributed by atoms with E-state index in [9.17, 15) is 14.9 Å². The molecule has 19 heavy (non-hydrogen) atoms. The number of hydrogen-bond acceptors (Lipinski definition) is 5. The predicted molar refractivity (Wildman–Crippen MR) is 77.0 cm³/mol. The summed E-state index contributed by atoms with van der Waals surface area (Å²) < 4.78 is 0. The third kappa shape index (κ3) is 4.65. The zero-order valence-electron chi connectivity index (χ0n) is 11.2. The maximum Gasteiger partial charge on any atom is 0.283 e. The number of nitro groups is 1. The second-order valence-corrected chi connectivity index (χ2v) is 5.11. The first-order valence-electron chi connectivity index (χ1n) is 6.21. The summed E-state index contributed by atoms with van der Waals surface area (Å²) in [6.45, 7) is 7.03. The van der Waals surface area contributed by atoms with Gasteiger partial charge in [-0.3, -0.25) is 14.9 Å².